The Labute approximate surface area is 144 Å². The summed E-state index contributed by atoms with van der Waals surface area (Å²) in [5.74, 6) is 1.61. The molecule has 2 fully saturated rings. The molecule has 0 bridgehead atoms. The van der Waals surface area contributed by atoms with Crippen molar-refractivity contribution in [3.8, 4) is 0 Å². The predicted molar refractivity (Wildman–Crippen MR) is 92.8 cm³/mol. The first-order chi connectivity index (χ1) is 11.7. The molecule has 1 spiro atoms. The molecule has 0 aromatic carbocycles. The molecule has 3 unspecified atom stereocenters. The van der Waals surface area contributed by atoms with Gasteiger partial charge in [-0.1, -0.05) is 19.4 Å². The van der Waals surface area contributed by atoms with E-state index in [9.17, 15) is 0 Å². The second-order valence-corrected chi connectivity index (χ2v) is 7.69. The number of hydrogen-bond donors (Lipinski definition) is 1. The van der Waals surface area contributed by atoms with E-state index in [2.05, 4.69) is 30.3 Å². The van der Waals surface area contributed by atoms with Crippen LogP contribution in [0.4, 0.5) is 0 Å². The van der Waals surface area contributed by atoms with E-state index >= 15 is 0 Å². The lowest BCUT2D eigenvalue weighted by Crippen LogP contribution is -2.34. The molecule has 1 saturated heterocycles. The zero-order valence-corrected chi connectivity index (χ0v) is 14.7. The van der Waals surface area contributed by atoms with Gasteiger partial charge in [-0.05, 0) is 37.7 Å². The van der Waals surface area contributed by atoms with Crippen molar-refractivity contribution in [1.82, 2.24) is 4.90 Å². The van der Waals surface area contributed by atoms with Crippen molar-refractivity contribution in [2.24, 2.45) is 11.3 Å². The SMILES string of the molecule is CC(COCCO)C1CC23CCCCC2=CN2C=CCCC2=C3O1. The first kappa shape index (κ1) is 16.2. The Bertz CT molecular complexity index is 579. The number of allylic oxidation sites excluding steroid dienone is 3. The zero-order valence-electron chi connectivity index (χ0n) is 14.7. The lowest BCUT2D eigenvalue weighted by molar-refractivity contribution is 0.0217. The normalized spacial score (nSPS) is 32.7. The van der Waals surface area contributed by atoms with E-state index in [1.165, 1.54) is 37.1 Å². The Morgan fingerprint density at radius 1 is 1.42 bits per heavy atom. The fraction of sp³-hybridized carbons (Fsp3) is 0.700. The Morgan fingerprint density at radius 3 is 3.21 bits per heavy atom. The molecule has 1 aliphatic carbocycles. The fourth-order valence-corrected chi connectivity index (χ4v) is 4.81. The average Bonchev–Trinajstić information content (AvgIpc) is 3.00. The minimum atomic E-state index is 0.0890. The van der Waals surface area contributed by atoms with Gasteiger partial charge in [0.15, 0.2) is 0 Å². The maximum atomic E-state index is 8.91. The van der Waals surface area contributed by atoms with Gasteiger partial charge in [-0.2, -0.15) is 0 Å². The number of rotatable bonds is 5. The number of nitrogens with zero attached hydrogens (tertiary/aromatic N) is 1. The molecule has 0 amide bonds. The van der Waals surface area contributed by atoms with Crippen molar-refractivity contribution in [2.45, 2.75) is 58.0 Å². The van der Waals surface area contributed by atoms with Gasteiger partial charge in [0.05, 0.1) is 30.9 Å². The molecular formula is C20H29NO3. The highest BCUT2D eigenvalue weighted by molar-refractivity contribution is 5.40. The molecule has 3 atom stereocenters. The largest absolute Gasteiger partial charge is 0.492 e. The van der Waals surface area contributed by atoms with Gasteiger partial charge in [-0.3, -0.25) is 0 Å². The highest BCUT2D eigenvalue weighted by Crippen LogP contribution is 2.59. The maximum absolute atomic E-state index is 8.91. The third kappa shape index (κ3) is 2.60. The van der Waals surface area contributed by atoms with Crippen LogP contribution < -0.4 is 0 Å². The summed E-state index contributed by atoms with van der Waals surface area (Å²) in [6.07, 6.45) is 15.4. The van der Waals surface area contributed by atoms with Gasteiger partial charge in [0.1, 0.15) is 11.9 Å². The molecule has 132 valence electrons. The number of aliphatic hydroxyl groups excluding tert-OH is 1. The molecule has 4 rings (SSSR count). The van der Waals surface area contributed by atoms with Gasteiger partial charge in [-0.25, -0.2) is 0 Å². The molecule has 0 aromatic rings. The molecule has 3 aliphatic heterocycles. The van der Waals surface area contributed by atoms with Crippen LogP contribution in [0.15, 0.2) is 35.5 Å². The van der Waals surface area contributed by atoms with E-state index in [1.807, 2.05) is 0 Å². The standard InChI is InChI=1S/C20H29NO3/c1-15(14-23-11-10-22)18-12-20-8-4-2-6-16(20)13-21-9-5-3-7-17(21)19(20)24-18/h5,9,13,15,18,22H,2-4,6-8,10-12,14H2,1H3. The number of aliphatic hydroxyl groups is 1. The van der Waals surface area contributed by atoms with Crippen LogP contribution in [-0.4, -0.2) is 35.9 Å². The van der Waals surface area contributed by atoms with Gasteiger partial charge in [0.25, 0.3) is 0 Å². The minimum absolute atomic E-state index is 0.0890. The zero-order chi connectivity index (χ0) is 16.6. The van der Waals surface area contributed by atoms with Gasteiger partial charge in [0.2, 0.25) is 0 Å². The van der Waals surface area contributed by atoms with Crippen LogP contribution in [0, 0.1) is 11.3 Å². The van der Waals surface area contributed by atoms with Crippen LogP contribution in [-0.2, 0) is 9.47 Å². The first-order valence-corrected chi connectivity index (χ1v) is 9.50. The van der Waals surface area contributed by atoms with E-state index in [0.717, 1.165) is 19.3 Å². The van der Waals surface area contributed by atoms with Crippen LogP contribution in [0.5, 0.6) is 0 Å². The van der Waals surface area contributed by atoms with Crippen molar-refractivity contribution >= 4 is 0 Å². The summed E-state index contributed by atoms with van der Waals surface area (Å²) in [7, 11) is 0. The summed E-state index contributed by atoms with van der Waals surface area (Å²) in [6, 6.07) is 0. The summed E-state index contributed by atoms with van der Waals surface area (Å²) < 4.78 is 12.2. The molecule has 1 N–H and O–H groups in total. The first-order valence-electron chi connectivity index (χ1n) is 9.50. The second-order valence-electron chi connectivity index (χ2n) is 7.69. The van der Waals surface area contributed by atoms with Crippen molar-refractivity contribution in [3.05, 3.63) is 35.5 Å². The molecule has 24 heavy (non-hydrogen) atoms. The third-order valence-corrected chi connectivity index (χ3v) is 6.10. The van der Waals surface area contributed by atoms with E-state index in [4.69, 9.17) is 14.6 Å². The summed E-state index contributed by atoms with van der Waals surface area (Å²) in [5, 5.41) is 8.91. The topological polar surface area (TPSA) is 41.9 Å². The molecule has 0 aromatic heterocycles. The molecule has 4 aliphatic rings. The van der Waals surface area contributed by atoms with Crippen molar-refractivity contribution in [1.29, 1.82) is 0 Å². The van der Waals surface area contributed by atoms with Gasteiger partial charge >= 0.3 is 0 Å². The highest BCUT2D eigenvalue weighted by Gasteiger charge is 2.53. The Morgan fingerprint density at radius 2 is 2.33 bits per heavy atom. The molecule has 4 heteroatoms. The van der Waals surface area contributed by atoms with Gasteiger partial charge < -0.3 is 19.5 Å². The lowest BCUT2D eigenvalue weighted by atomic mass is 9.65. The third-order valence-electron chi connectivity index (χ3n) is 6.10. The van der Waals surface area contributed by atoms with E-state index in [1.54, 1.807) is 5.57 Å². The molecule has 4 nitrogen and oxygen atoms in total. The van der Waals surface area contributed by atoms with Crippen molar-refractivity contribution in [3.63, 3.8) is 0 Å². The fourth-order valence-electron chi connectivity index (χ4n) is 4.81. The molecule has 3 heterocycles. The number of ether oxygens (including phenoxy) is 2. The van der Waals surface area contributed by atoms with E-state index in [-0.39, 0.29) is 18.1 Å². The quantitative estimate of drug-likeness (QED) is 0.780. The maximum Gasteiger partial charge on any atom is 0.126 e. The van der Waals surface area contributed by atoms with E-state index < -0.39 is 0 Å². The summed E-state index contributed by atoms with van der Waals surface area (Å²) in [5.41, 5.74) is 3.12. The van der Waals surface area contributed by atoms with Crippen molar-refractivity contribution < 1.29 is 14.6 Å². The van der Waals surface area contributed by atoms with Crippen LogP contribution in [0.3, 0.4) is 0 Å². The molecular weight excluding hydrogens is 302 g/mol. The Balaban J connectivity index is 1.61. The van der Waals surface area contributed by atoms with Crippen LogP contribution in [0.25, 0.3) is 0 Å². The van der Waals surface area contributed by atoms with Crippen molar-refractivity contribution in [2.75, 3.05) is 19.8 Å². The lowest BCUT2D eigenvalue weighted by Gasteiger charge is -2.43. The summed E-state index contributed by atoms with van der Waals surface area (Å²) in [4.78, 5) is 2.31. The number of hydrogen-bond acceptors (Lipinski definition) is 4. The minimum Gasteiger partial charge on any atom is -0.492 e. The van der Waals surface area contributed by atoms with Crippen LogP contribution >= 0.6 is 0 Å². The molecule has 1 saturated carbocycles. The highest BCUT2D eigenvalue weighted by atomic mass is 16.5. The van der Waals surface area contributed by atoms with Gasteiger partial charge in [0, 0.05) is 24.7 Å². The molecule has 0 radical (unpaired) electrons. The van der Waals surface area contributed by atoms with Crippen LogP contribution in [0.2, 0.25) is 0 Å². The predicted octanol–water partition coefficient (Wildman–Crippen LogP) is 3.70. The van der Waals surface area contributed by atoms with Gasteiger partial charge in [-0.15, -0.1) is 0 Å². The monoisotopic (exact) mass is 331 g/mol. The summed E-state index contributed by atoms with van der Waals surface area (Å²) >= 11 is 0. The van der Waals surface area contributed by atoms with E-state index in [0.29, 0.717) is 19.1 Å². The second kappa shape index (κ2) is 6.57. The summed E-state index contributed by atoms with van der Waals surface area (Å²) in [6.45, 7) is 3.38. The Kier molecular flexibility index (Phi) is 4.44. The average molecular weight is 331 g/mol. The van der Waals surface area contributed by atoms with Crippen LogP contribution in [0.1, 0.15) is 51.9 Å². The number of fused-ring (bicyclic) bond motifs is 1. The Hall–Kier alpha value is -1.26. The smallest absolute Gasteiger partial charge is 0.126 e.